The van der Waals surface area contributed by atoms with Crippen molar-refractivity contribution in [2.24, 2.45) is 0 Å². The van der Waals surface area contributed by atoms with Crippen molar-refractivity contribution in [3.8, 4) is 12.3 Å². The Bertz CT molecular complexity index is 377. The average Bonchev–Trinajstić information content (AvgIpc) is 2.45. The van der Waals surface area contributed by atoms with Crippen LogP contribution in [0, 0.1) is 12.3 Å². The first-order chi connectivity index (χ1) is 9.27. The maximum Gasteiger partial charge on any atom is 0.0545 e. The van der Waals surface area contributed by atoms with Gasteiger partial charge < -0.3 is 5.32 Å². The van der Waals surface area contributed by atoms with Crippen LogP contribution in [0.1, 0.15) is 43.9 Å². The highest BCUT2D eigenvalue weighted by Gasteiger charge is 2.04. The Kier molecular flexibility index (Phi) is 8.45. The molecule has 1 nitrogen and oxygen atoms in total. The monoisotopic (exact) mass is 275 g/mol. The Hall–Kier alpha value is -0.910. The number of rotatable bonds is 9. The molecular formula is C17H25NS. The van der Waals surface area contributed by atoms with Crippen molar-refractivity contribution in [2.45, 2.75) is 39.2 Å². The molecule has 0 saturated carbocycles. The second-order valence-corrected chi connectivity index (χ2v) is 5.88. The minimum Gasteiger partial charge on any atom is -0.309 e. The zero-order valence-electron chi connectivity index (χ0n) is 12.1. The van der Waals surface area contributed by atoms with E-state index in [0.29, 0.717) is 6.04 Å². The fraction of sp³-hybridized carbons (Fsp3) is 0.529. The first kappa shape index (κ1) is 16.1. The van der Waals surface area contributed by atoms with Crippen LogP contribution in [-0.4, -0.2) is 18.1 Å². The molecule has 104 valence electrons. The van der Waals surface area contributed by atoms with Crippen molar-refractivity contribution in [1.82, 2.24) is 5.32 Å². The van der Waals surface area contributed by atoms with Crippen molar-refractivity contribution in [3.63, 3.8) is 0 Å². The van der Waals surface area contributed by atoms with E-state index in [-0.39, 0.29) is 0 Å². The Morgan fingerprint density at radius 3 is 2.68 bits per heavy atom. The van der Waals surface area contributed by atoms with Gasteiger partial charge >= 0.3 is 0 Å². The molecule has 1 rings (SSSR count). The van der Waals surface area contributed by atoms with E-state index >= 15 is 0 Å². The quantitative estimate of drug-likeness (QED) is 0.539. The number of thioether (sulfide) groups is 1. The summed E-state index contributed by atoms with van der Waals surface area (Å²) in [5, 5.41) is 3.53. The molecule has 0 fully saturated rings. The molecule has 1 atom stereocenters. The van der Waals surface area contributed by atoms with E-state index in [2.05, 4.69) is 49.4 Å². The first-order valence-corrected chi connectivity index (χ1v) is 8.26. The lowest BCUT2D eigenvalue weighted by molar-refractivity contribution is 0.601. The Balaban J connectivity index is 2.32. The van der Waals surface area contributed by atoms with Gasteiger partial charge in [-0.25, -0.2) is 0 Å². The van der Waals surface area contributed by atoms with Gasteiger partial charge in [0.25, 0.3) is 0 Å². The van der Waals surface area contributed by atoms with Gasteiger partial charge in [-0.05, 0) is 30.9 Å². The van der Waals surface area contributed by atoms with Gasteiger partial charge in [-0.1, -0.05) is 43.5 Å². The van der Waals surface area contributed by atoms with E-state index in [4.69, 9.17) is 6.42 Å². The Morgan fingerprint density at radius 2 is 2.05 bits per heavy atom. The summed E-state index contributed by atoms with van der Waals surface area (Å²) < 4.78 is 0. The minimum atomic E-state index is 0.409. The molecule has 0 aliphatic carbocycles. The highest BCUT2D eigenvalue weighted by atomic mass is 32.2. The number of nitrogens with one attached hydrogen (secondary N) is 1. The molecule has 1 N–H and O–H groups in total. The lowest BCUT2D eigenvalue weighted by Crippen LogP contribution is -2.21. The van der Waals surface area contributed by atoms with E-state index in [1.54, 1.807) is 11.8 Å². The lowest BCUT2D eigenvalue weighted by atomic mass is 10.0. The van der Waals surface area contributed by atoms with Crippen molar-refractivity contribution < 1.29 is 0 Å². The minimum absolute atomic E-state index is 0.409. The van der Waals surface area contributed by atoms with Gasteiger partial charge in [-0.15, -0.1) is 18.2 Å². The SMILES string of the molecule is C#CCSCCNC(C)c1ccc(CCCC)cc1. The van der Waals surface area contributed by atoms with E-state index < -0.39 is 0 Å². The normalized spacial score (nSPS) is 12.1. The van der Waals surface area contributed by atoms with Crippen LogP contribution in [0.3, 0.4) is 0 Å². The number of terminal acetylenes is 1. The van der Waals surface area contributed by atoms with Gasteiger partial charge in [0.05, 0.1) is 5.75 Å². The van der Waals surface area contributed by atoms with Crippen LogP contribution >= 0.6 is 11.8 Å². The van der Waals surface area contributed by atoms with Crippen LogP contribution in [0.4, 0.5) is 0 Å². The van der Waals surface area contributed by atoms with Crippen molar-refractivity contribution in [2.75, 3.05) is 18.1 Å². The number of hydrogen-bond donors (Lipinski definition) is 1. The van der Waals surface area contributed by atoms with E-state index in [0.717, 1.165) is 18.1 Å². The van der Waals surface area contributed by atoms with E-state index in [1.807, 2.05) is 0 Å². The summed E-state index contributed by atoms with van der Waals surface area (Å²) in [5.74, 6) is 4.53. The molecule has 0 bridgehead atoms. The fourth-order valence-electron chi connectivity index (χ4n) is 1.95. The molecule has 0 saturated heterocycles. The van der Waals surface area contributed by atoms with E-state index in [9.17, 15) is 0 Å². The molecule has 0 radical (unpaired) electrons. The molecule has 19 heavy (non-hydrogen) atoms. The number of hydrogen-bond acceptors (Lipinski definition) is 2. The first-order valence-electron chi connectivity index (χ1n) is 7.11. The van der Waals surface area contributed by atoms with Crippen molar-refractivity contribution in [3.05, 3.63) is 35.4 Å². The van der Waals surface area contributed by atoms with Gasteiger partial charge in [-0.2, -0.15) is 0 Å². The molecule has 0 aromatic heterocycles. The molecule has 1 unspecified atom stereocenters. The van der Waals surface area contributed by atoms with Crippen LogP contribution in [0.5, 0.6) is 0 Å². The summed E-state index contributed by atoms with van der Waals surface area (Å²) in [7, 11) is 0. The summed E-state index contributed by atoms with van der Waals surface area (Å²) in [5.41, 5.74) is 2.81. The summed E-state index contributed by atoms with van der Waals surface area (Å²) in [6.07, 6.45) is 8.95. The highest BCUT2D eigenvalue weighted by Crippen LogP contribution is 2.14. The zero-order valence-corrected chi connectivity index (χ0v) is 12.9. The summed E-state index contributed by atoms with van der Waals surface area (Å²) in [6.45, 7) is 5.45. The number of aryl methyl sites for hydroxylation is 1. The molecule has 0 spiro atoms. The third-order valence-corrected chi connectivity index (χ3v) is 4.04. The maximum absolute atomic E-state index is 5.22. The van der Waals surface area contributed by atoms with Crippen LogP contribution in [0.2, 0.25) is 0 Å². The lowest BCUT2D eigenvalue weighted by Gasteiger charge is -2.14. The predicted octanol–water partition coefficient (Wildman–Crippen LogP) is 4.05. The number of benzene rings is 1. The third kappa shape index (κ3) is 6.71. The second kappa shape index (κ2) is 9.95. The van der Waals surface area contributed by atoms with E-state index in [1.165, 1.54) is 30.4 Å². The zero-order chi connectivity index (χ0) is 13.9. The number of unbranched alkanes of at least 4 members (excludes halogenated alkanes) is 1. The van der Waals surface area contributed by atoms with Gasteiger partial charge in [0.2, 0.25) is 0 Å². The molecule has 2 heteroatoms. The maximum atomic E-state index is 5.22. The molecule has 1 aromatic rings. The smallest absolute Gasteiger partial charge is 0.0545 e. The fourth-order valence-corrected chi connectivity index (χ4v) is 2.47. The molecule has 0 aliphatic rings. The third-order valence-electron chi connectivity index (χ3n) is 3.18. The van der Waals surface area contributed by atoms with Gasteiger partial charge in [0, 0.05) is 18.3 Å². The van der Waals surface area contributed by atoms with Crippen molar-refractivity contribution >= 4 is 11.8 Å². The van der Waals surface area contributed by atoms with Gasteiger partial charge in [0.1, 0.15) is 0 Å². The van der Waals surface area contributed by atoms with Crippen LogP contribution < -0.4 is 5.32 Å². The average molecular weight is 275 g/mol. The van der Waals surface area contributed by atoms with Crippen LogP contribution in [-0.2, 0) is 6.42 Å². The van der Waals surface area contributed by atoms with Crippen molar-refractivity contribution in [1.29, 1.82) is 0 Å². The van der Waals surface area contributed by atoms with Crippen LogP contribution in [0.15, 0.2) is 24.3 Å². The standard InChI is InChI=1S/C17H25NS/c1-4-6-7-16-8-10-17(11-9-16)15(3)18-12-14-19-13-5-2/h2,8-11,15,18H,4,6-7,12-14H2,1,3H3. The molecule has 0 aliphatic heterocycles. The predicted molar refractivity (Wildman–Crippen MR) is 87.6 cm³/mol. The topological polar surface area (TPSA) is 12.0 Å². The summed E-state index contributed by atoms with van der Waals surface area (Å²) in [6, 6.07) is 9.42. The molecule has 1 aromatic carbocycles. The summed E-state index contributed by atoms with van der Waals surface area (Å²) >= 11 is 1.80. The molecule has 0 amide bonds. The largest absolute Gasteiger partial charge is 0.309 e. The Morgan fingerprint density at radius 1 is 1.32 bits per heavy atom. The Labute approximate surface area is 122 Å². The second-order valence-electron chi connectivity index (χ2n) is 4.78. The summed E-state index contributed by atoms with van der Waals surface area (Å²) in [4.78, 5) is 0. The molecular weight excluding hydrogens is 250 g/mol. The van der Waals surface area contributed by atoms with Crippen LogP contribution in [0.25, 0.3) is 0 Å². The highest BCUT2D eigenvalue weighted by molar-refractivity contribution is 7.99. The molecule has 0 heterocycles. The van der Waals surface area contributed by atoms with Gasteiger partial charge in [0.15, 0.2) is 0 Å². The van der Waals surface area contributed by atoms with Gasteiger partial charge in [-0.3, -0.25) is 0 Å².